The summed E-state index contributed by atoms with van der Waals surface area (Å²) in [5.41, 5.74) is 0. The molecule has 0 radical (unpaired) electrons. The van der Waals surface area contributed by atoms with Crippen molar-refractivity contribution in [3.63, 3.8) is 0 Å². The Morgan fingerprint density at radius 3 is 2.94 bits per heavy atom. The summed E-state index contributed by atoms with van der Waals surface area (Å²) < 4.78 is 4.48. The number of anilines is 1. The molecule has 1 aliphatic carbocycles. The van der Waals surface area contributed by atoms with E-state index in [0.717, 1.165) is 17.0 Å². The lowest BCUT2D eigenvalue weighted by molar-refractivity contribution is 0.193. The number of rotatable bonds is 3. The highest BCUT2D eigenvalue weighted by molar-refractivity contribution is 7.09. The molecule has 1 N–H and O–H groups in total. The first kappa shape index (κ1) is 11.2. The van der Waals surface area contributed by atoms with Crippen LogP contribution >= 0.6 is 11.5 Å². The van der Waals surface area contributed by atoms with Gasteiger partial charge >= 0.3 is 0 Å². The third-order valence-corrected chi connectivity index (χ3v) is 5.21. The fraction of sp³-hybridized carbons (Fsp3) is 0.846. The van der Waals surface area contributed by atoms with E-state index in [4.69, 9.17) is 0 Å². The van der Waals surface area contributed by atoms with E-state index in [2.05, 4.69) is 19.6 Å². The van der Waals surface area contributed by atoms with Gasteiger partial charge in [0.05, 0.1) is 0 Å². The molecule has 0 spiro atoms. The van der Waals surface area contributed by atoms with Crippen LogP contribution in [0.2, 0.25) is 0 Å². The van der Waals surface area contributed by atoms with Gasteiger partial charge in [0.2, 0.25) is 5.13 Å². The molecule has 1 aromatic heterocycles. The summed E-state index contributed by atoms with van der Waals surface area (Å²) in [6.45, 7) is 2.56. The highest BCUT2D eigenvalue weighted by Gasteiger charge is 2.36. The number of hydrogen-bond donors (Lipinski definition) is 1. The fourth-order valence-corrected chi connectivity index (χ4v) is 4.08. The van der Waals surface area contributed by atoms with Gasteiger partial charge in [0.25, 0.3) is 0 Å². The summed E-state index contributed by atoms with van der Waals surface area (Å²) in [6, 6.07) is 1.34. The molecule has 98 valence electrons. The summed E-state index contributed by atoms with van der Waals surface area (Å²) in [7, 11) is 0. The van der Waals surface area contributed by atoms with Crippen LogP contribution in [0.25, 0.3) is 0 Å². The normalized spacial score (nSPS) is 32.4. The second-order valence-electron chi connectivity index (χ2n) is 5.87. The lowest BCUT2D eigenvalue weighted by Gasteiger charge is -2.32. The van der Waals surface area contributed by atoms with Crippen LogP contribution in [0.3, 0.4) is 0 Å². The van der Waals surface area contributed by atoms with Crippen molar-refractivity contribution in [1.29, 1.82) is 0 Å². The Labute approximate surface area is 112 Å². The second-order valence-corrected chi connectivity index (χ2v) is 6.62. The number of hydrogen-bond acceptors (Lipinski definition) is 5. The van der Waals surface area contributed by atoms with E-state index in [1.807, 2.05) is 0 Å². The summed E-state index contributed by atoms with van der Waals surface area (Å²) in [5.74, 6) is 1.76. The first-order valence-corrected chi connectivity index (χ1v) is 8.02. The van der Waals surface area contributed by atoms with E-state index in [1.165, 1.54) is 51.6 Å². The molecule has 1 saturated carbocycles. The number of piperidine rings is 1. The average molecular weight is 264 g/mol. The average Bonchev–Trinajstić information content (AvgIpc) is 3.02. The van der Waals surface area contributed by atoms with E-state index in [1.54, 1.807) is 11.5 Å². The van der Waals surface area contributed by atoms with Crippen LogP contribution in [0.1, 0.15) is 50.3 Å². The molecule has 0 aromatic carbocycles. The van der Waals surface area contributed by atoms with Crippen LogP contribution in [-0.2, 0) is 0 Å². The third kappa shape index (κ3) is 2.03. The minimum absolute atomic E-state index is 0.602. The Morgan fingerprint density at radius 2 is 2.06 bits per heavy atom. The van der Waals surface area contributed by atoms with Crippen molar-refractivity contribution in [2.75, 3.05) is 18.4 Å². The van der Waals surface area contributed by atoms with Gasteiger partial charge in [-0.2, -0.15) is 4.37 Å². The molecule has 4 nitrogen and oxygen atoms in total. The number of fused-ring (bicyclic) bond motifs is 1. The Hall–Kier alpha value is -0.680. The quantitative estimate of drug-likeness (QED) is 0.910. The zero-order valence-corrected chi connectivity index (χ0v) is 11.5. The lowest BCUT2D eigenvalue weighted by Crippen LogP contribution is -2.41. The summed E-state index contributed by atoms with van der Waals surface area (Å²) >= 11 is 1.55. The number of aromatic nitrogens is 2. The van der Waals surface area contributed by atoms with Gasteiger partial charge < -0.3 is 5.32 Å². The summed E-state index contributed by atoms with van der Waals surface area (Å²) in [5, 5.41) is 4.70. The third-order valence-electron chi connectivity index (χ3n) is 4.55. The van der Waals surface area contributed by atoms with Gasteiger partial charge in [-0.3, -0.25) is 4.90 Å². The fourth-order valence-electron chi connectivity index (χ4n) is 3.38. The smallest absolute Gasteiger partial charge is 0.202 e. The Balaban J connectivity index is 1.43. The van der Waals surface area contributed by atoms with E-state index in [-0.39, 0.29) is 0 Å². The van der Waals surface area contributed by atoms with Crippen molar-refractivity contribution in [3.8, 4) is 0 Å². The van der Waals surface area contributed by atoms with Crippen molar-refractivity contribution < 1.29 is 0 Å². The van der Waals surface area contributed by atoms with Crippen molar-refractivity contribution >= 4 is 16.7 Å². The van der Waals surface area contributed by atoms with Crippen LogP contribution in [0.4, 0.5) is 5.13 Å². The van der Waals surface area contributed by atoms with Crippen LogP contribution in [-0.4, -0.2) is 39.4 Å². The van der Waals surface area contributed by atoms with E-state index < -0.39 is 0 Å². The maximum atomic E-state index is 4.65. The maximum Gasteiger partial charge on any atom is 0.202 e. The maximum absolute atomic E-state index is 4.65. The van der Waals surface area contributed by atoms with Crippen molar-refractivity contribution in [2.45, 2.75) is 56.5 Å². The molecule has 3 aliphatic rings. The lowest BCUT2D eigenvalue weighted by atomic mass is 9.99. The van der Waals surface area contributed by atoms with Crippen molar-refractivity contribution in [1.82, 2.24) is 14.3 Å². The predicted molar refractivity (Wildman–Crippen MR) is 73.1 cm³/mol. The number of nitrogens with one attached hydrogen (secondary N) is 1. The van der Waals surface area contributed by atoms with Gasteiger partial charge in [0, 0.05) is 36.1 Å². The van der Waals surface area contributed by atoms with Gasteiger partial charge in [0.15, 0.2) is 0 Å². The summed E-state index contributed by atoms with van der Waals surface area (Å²) in [6.07, 6.45) is 7.97. The Morgan fingerprint density at radius 1 is 1.11 bits per heavy atom. The molecule has 5 heteroatoms. The minimum Gasteiger partial charge on any atom is -0.356 e. The molecule has 0 amide bonds. The molecule has 3 heterocycles. The first-order chi connectivity index (χ1) is 8.90. The molecule has 4 rings (SSSR count). The predicted octanol–water partition coefficient (Wildman–Crippen LogP) is 2.45. The zero-order chi connectivity index (χ0) is 11.9. The van der Waals surface area contributed by atoms with Crippen molar-refractivity contribution in [3.05, 3.63) is 5.82 Å². The van der Waals surface area contributed by atoms with Crippen molar-refractivity contribution in [2.24, 2.45) is 0 Å². The number of nitrogens with zero attached hydrogens (tertiary/aromatic N) is 3. The molecule has 0 bridgehead atoms. The van der Waals surface area contributed by atoms with E-state index >= 15 is 0 Å². The monoisotopic (exact) mass is 264 g/mol. The van der Waals surface area contributed by atoms with E-state index in [9.17, 15) is 0 Å². The molecular weight excluding hydrogens is 244 g/mol. The zero-order valence-electron chi connectivity index (χ0n) is 10.6. The first-order valence-electron chi connectivity index (χ1n) is 7.24. The molecule has 2 unspecified atom stereocenters. The highest BCUT2D eigenvalue weighted by Crippen LogP contribution is 2.39. The van der Waals surface area contributed by atoms with Crippen LogP contribution in [0.5, 0.6) is 0 Å². The van der Waals surface area contributed by atoms with Crippen LogP contribution < -0.4 is 5.32 Å². The SMILES string of the molecule is C1CCN2CCC(Nc3nc(C4CC4)ns3)C2C1. The standard InChI is InChI=1S/C13H20N4S/c1-2-7-17-8-6-10(11(17)3-1)14-13-15-12(16-18-13)9-4-5-9/h9-11H,1-8H2,(H,14,15,16). The van der Waals surface area contributed by atoms with Crippen LogP contribution in [0.15, 0.2) is 0 Å². The Bertz CT molecular complexity index is 428. The Kier molecular flexibility index (Phi) is 2.77. The largest absolute Gasteiger partial charge is 0.356 e. The van der Waals surface area contributed by atoms with Gasteiger partial charge in [-0.15, -0.1) is 0 Å². The van der Waals surface area contributed by atoms with E-state index in [0.29, 0.717) is 12.0 Å². The molecule has 3 fully saturated rings. The molecule has 2 aliphatic heterocycles. The summed E-state index contributed by atoms with van der Waals surface area (Å²) in [4.78, 5) is 7.31. The topological polar surface area (TPSA) is 41.0 Å². The van der Waals surface area contributed by atoms with Crippen LogP contribution in [0, 0.1) is 0 Å². The van der Waals surface area contributed by atoms with Gasteiger partial charge in [-0.1, -0.05) is 6.42 Å². The molecular formula is C13H20N4S. The highest BCUT2D eigenvalue weighted by atomic mass is 32.1. The molecule has 2 atom stereocenters. The second kappa shape index (κ2) is 4.46. The van der Waals surface area contributed by atoms with Gasteiger partial charge in [-0.05, 0) is 38.6 Å². The minimum atomic E-state index is 0.602. The van der Waals surface area contributed by atoms with Gasteiger partial charge in [0.1, 0.15) is 5.82 Å². The molecule has 1 aromatic rings. The van der Waals surface area contributed by atoms with Gasteiger partial charge in [-0.25, -0.2) is 4.98 Å². The molecule has 18 heavy (non-hydrogen) atoms. The molecule has 2 saturated heterocycles.